The first-order valence-corrected chi connectivity index (χ1v) is 10.3. The lowest BCUT2D eigenvalue weighted by Crippen LogP contribution is -2.43. The standard InChI is InChI=1S/C19H21ClN4O3S/c1-12-3-4-14(20)17-16(12)21-19(28-17)24(6-5-23-7-9-26-10-8-23)18(25)15-11-13(2)22-27-15/h3-4,11H,5-10H2,1-2H3. The summed E-state index contributed by atoms with van der Waals surface area (Å²) in [6.07, 6.45) is 0. The Morgan fingerprint density at radius 3 is 2.79 bits per heavy atom. The van der Waals surface area contributed by atoms with E-state index in [1.165, 1.54) is 11.3 Å². The topological polar surface area (TPSA) is 71.7 Å². The zero-order valence-corrected chi connectivity index (χ0v) is 17.3. The third kappa shape index (κ3) is 3.91. The number of hydrogen-bond acceptors (Lipinski definition) is 7. The highest BCUT2D eigenvalue weighted by molar-refractivity contribution is 7.23. The van der Waals surface area contributed by atoms with Crippen molar-refractivity contribution >= 4 is 44.2 Å². The van der Waals surface area contributed by atoms with Crippen molar-refractivity contribution in [2.75, 3.05) is 44.3 Å². The molecule has 1 fully saturated rings. The highest BCUT2D eigenvalue weighted by Crippen LogP contribution is 2.36. The average molecular weight is 421 g/mol. The number of aryl methyl sites for hydroxylation is 2. The summed E-state index contributed by atoms with van der Waals surface area (Å²) in [6.45, 7) is 8.14. The highest BCUT2D eigenvalue weighted by Gasteiger charge is 2.26. The van der Waals surface area contributed by atoms with Gasteiger partial charge in [0, 0.05) is 32.2 Å². The number of hydrogen-bond donors (Lipinski definition) is 0. The van der Waals surface area contributed by atoms with Crippen molar-refractivity contribution in [1.29, 1.82) is 0 Å². The molecule has 1 amide bonds. The van der Waals surface area contributed by atoms with E-state index in [1.807, 2.05) is 19.1 Å². The molecule has 0 spiro atoms. The van der Waals surface area contributed by atoms with Crippen molar-refractivity contribution in [3.63, 3.8) is 0 Å². The Morgan fingerprint density at radius 1 is 1.32 bits per heavy atom. The summed E-state index contributed by atoms with van der Waals surface area (Å²) in [5, 5.41) is 5.10. The van der Waals surface area contributed by atoms with Gasteiger partial charge < -0.3 is 9.26 Å². The van der Waals surface area contributed by atoms with Gasteiger partial charge in [0.05, 0.1) is 34.1 Å². The van der Waals surface area contributed by atoms with Crippen molar-refractivity contribution < 1.29 is 14.1 Å². The van der Waals surface area contributed by atoms with Crippen LogP contribution >= 0.6 is 22.9 Å². The fourth-order valence-electron chi connectivity index (χ4n) is 3.15. The maximum Gasteiger partial charge on any atom is 0.298 e. The molecule has 0 radical (unpaired) electrons. The number of benzene rings is 1. The van der Waals surface area contributed by atoms with Crippen LogP contribution in [0.2, 0.25) is 5.02 Å². The molecular weight excluding hydrogens is 400 g/mol. The molecule has 0 bridgehead atoms. The first-order chi connectivity index (χ1) is 13.5. The summed E-state index contributed by atoms with van der Waals surface area (Å²) >= 11 is 7.78. The number of carbonyl (C=O) groups is 1. The van der Waals surface area contributed by atoms with Gasteiger partial charge in [-0.2, -0.15) is 0 Å². The van der Waals surface area contributed by atoms with Crippen LogP contribution in [-0.4, -0.2) is 60.3 Å². The SMILES string of the molecule is Cc1cc(C(=O)N(CCN2CCOCC2)c2nc3c(C)ccc(Cl)c3s2)on1. The summed E-state index contributed by atoms with van der Waals surface area (Å²) < 4.78 is 11.5. The van der Waals surface area contributed by atoms with E-state index in [0.717, 1.165) is 35.4 Å². The summed E-state index contributed by atoms with van der Waals surface area (Å²) in [5.74, 6) is -0.0387. The molecule has 28 heavy (non-hydrogen) atoms. The number of aromatic nitrogens is 2. The van der Waals surface area contributed by atoms with Crippen LogP contribution in [0.1, 0.15) is 21.8 Å². The van der Waals surface area contributed by atoms with Crippen molar-refractivity contribution in [2.45, 2.75) is 13.8 Å². The van der Waals surface area contributed by atoms with Crippen LogP contribution in [0.5, 0.6) is 0 Å². The smallest absolute Gasteiger partial charge is 0.298 e. The second-order valence-corrected chi connectivity index (χ2v) is 8.17. The highest BCUT2D eigenvalue weighted by atomic mass is 35.5. The van der Waals surface area contributed by atoms with Gasteiger partial charge in [-0.05, 0) is 25.5 Å². The first kappa shape index (κ1) is 19.3. The van der Waals surface area contributed by atoms with Gasteiger partial charge in [0.2, 0.25) is 5.76 Å². The minimum absolute atomic E-state index is 0.210. The Kier molecular flexibility index (Phi) is 5.63. The molecule has 7 nitrogen and oxygen atoms in total. The lowest BCUT2D eigenvalue weighted by Gasteiger charge is -2.28. The minimum Gasteiger partial charge on any atom is -0.379 e. The van der Waals surface area contributed by atoms with Gasteiger partial charge in [0.15, 0.2) is 5.13 Å². The number of carbonyl (C=O) groups excluding carboxylic acids is 1. The number of amides is 1. The van der Waals surface area contributed by atoms with Crippen LogP contribution in [0.25, 0.3) is 10.2 Å². The van der Waals surface area contributed by atoms with Crippen LogP contribution in [0, 0.1) is 13.8 Å². The molecule has 0 atom stereocenters. The quantitative estimate of drug-likeness (QED) is 0.628. The van der Waals surface area contributed by atoms with E-state index in [2.05, 4.69) is 10.1 Å². The van der Waals surface area contributed by atoms with Gasteiger partial charge in [-0.15, -0.1) is 0 Å². The zero-order valence-electron chi connectivity index (χ0n) is 15.8. The summed E-state index contributed by atoms with van der Waals surface area (Å²) in [4.78, 5) is 21.8. The number of fused-ring (bicyclic) bond motifs is 1. The first-order valence-electron chi connectivity index (χ1n) is 9.14. The molecule has 4 rings (SSSR count). The fraction of sp³-hybridized carbons (Fsp3) is 0.421. The molecule has 0 aliphatic carbocycles. The fourth-order valence-corrected chi connectivity index (χ4v) is 4.49. The molecule has 1 aliphatic heterocycles. The molecule has 148 valence electrons. The maximum absolute atomic E-state index is 13.2. The molecule has 1 aromatic carbocycles. The van der Waals surface area contributed by atoms with E-state index < -0.39 is 0 Å². The third-order valence-electron chi connectivity index (χ3n) is 4.74. The molecule has 9 heteroatoms. The van der Waals surface area contributed by atoms with E-state index in [-0.39, 0.29) is 11.7 Å². The van der Waals surface area contributed by atoms with Crippen LogP contribution in [0.4, 0.5) is 5.13 Å². The molecule has 3 aromatic rings. The number of morpholine rings is 1. The van der Waals surface area contributed by atoms with Gasteiger partial charge in [-0.1, -0.05) is 34.2 Å². The van der Waals surface area contributed by atoms with Crippen LogP contribution in [0.15, 0.2) is 22.7 Å². The Balaban J connectivity index is 1.66. The van der Waals surface area contributed by atoms with Gasteiger partial charge in [0.25, 0.3) is 5.91 Å². The molecule has 1 aliphatic rings. The average Bonchev–Trinajstić information content (AvgIpc) is 3.33. The van der Waals surface area contributed by atoms with E-state index >= 15 is 0 Å². The van der Waals surface area contributed by atoms with E-state index in [0.29, 0.717) is 35.6 Å². The van der Waals surface area contributed by atoms with Gasteiger partial charge in [-0.3, -0.25) is 14.6 Å². The lowest BCUT2D eigenvalue weighted by atomic mass is 10.2. The molecule has 0 unspecified atom stereocenters. The number of thiazole rings is 1. The molecule has 3 heterocycles. The second kappa shape index (κ2) is 8.16. The van der Waals surface area contributed by atoms with Crippen LogP contribution in [-0.2, 0) is 4.74 Å². The zero-order chi connectivity index (χ0) is 19.7. The van der Waals surface area contributed by atoms with Gasteiger partial charge >= 0.3 is 0 Å². The third-order valence-corrected chi connectivity index (χ3v) is 6.28. The van der Waals surface area contributed by atoms with Crippen LogP contribution < -0.4 is 4.90 Å². The van der Waals surface area contributed by atoms with Gasteiger partial charge in [-0.25, -0.2) is 4.98 Å². The van der Waals surface area contributed by atoms with Crippen molar-refractivity contribution in [1.82, 2.24) is 15.0 Å². The number of nitrogens with zero attached hydrogens (tertiary/aromatic N) is 4. The predicted octanol–water partition coefficient (Wildman–Crippen LogP) is 3.53. The molecule has 0 N–H and O–H groups in total. The molecule has 1 saturated heterocycles. The normalized spacial score (nSPS) is 15.2. The van der Waals surface area contributed by atoms with Crippen LogP contribution in [0.3, 0.4) is 0 Å². The summed E-state index contributed by atoms with van der Waals surface area (Å²) in [5.41, 5.74) is 2.52. The predicted molar refractivity (Wildman–Crippen MR) is 110 cm³/mol. The van der Waals surface area contributed by atoms with Crippen molar-refractivity contribution in [3.05, 3.63) is 40.2 Å². The minimum atomic E-state index is -0.248. The van der Waals surface area contributed by atoms with Crippen molar-refractivity contribution in [2.24, 2.45) is 0 Å². The molecule has 2 aromatic heterocycles. The second-order valence-electron chi connectivity index (χ2n) is 6.78. The van der Waals surface area contributed by atoms with E-state index in [9.17, 15) is 4.79 Å². The Morgan fingerprint density at radius 2 is 2.11 bits per heavy atom. The number of anilines is 1. The summed E-state index contributed by atoms with van der Waals surface area (Å²) in [7, 11) is 0. The van der Waals surface area contributed by atoms with E-state index in [4.69, 9.17) is 25.8 Å². The van der Waals surface area contributed by atoms with Gasteiger partial charge in [0.1, 0.15) is 0 Å². The van der Waals surface area contributed by atoms with E-state index in [1.54, 1.807) is 17.9 Å². The number of halogens is 1. The van der Waals surface area contributed by atoms with Crippen molar-refractivity contribution in [3.8, 4) is 0 Å². The Labute approximate surface area is 171 Å². The largest absolute Gasteiger partial charge is 0.379 e. The summed E-state index contributed by atoms with van der Waals surface area (Å²) in [6, 6.07) is 5.45. The molecular formula is C19H21ClN4O3S. The molecule has 0 saturated carbocycles. The Hall–Kier alpha value is -2.00. The number of rotatable bonds is 5. The maximum atomic E-state index is 13.2. The monoisotopic (exact) mass is 420 g/mol. The lowest BCUT2D eigenvalue weighted by molar-refractivity contribution is 0.0390. The number of ether oxygens (including phenoxy) is 1. The Bertz CT molecular complexity index is 957.